The zero-order valence-electron chi connectivity index (χ0n) is 6.97. The number of carboxylic acid groups (broad SMARTS) is 1. The Bertz CT molecular complexity index is 348. The lowest BCUT2D eigenvalue weighted by molar-refractivity contribution is -0.136. The average Bonchev–Trinajstić information content (AvgIpc) is 1.98. The molecule has 1 N–H and O–H groups in total. The molecule has 0 aliphatic heterocycles. The number of rotatable bonds is 2. The highest BCUT2D eigenvalue weighted by molar-refractivity contribution is 5.70. The number of hydrogen-bond acceptors (Lipinski definition) is 1. The van der Waals surface area contributed by atoms with Gasteiger partial charge in [-0.3, -0.25) is 4.79 Å². The van der Waals surface area contributed by atoms with E-state index in [-0.39, 0.29) is 17.5 Å². The van der Waals surface area contributed by atoms with Crippen LogP contribution in [0.15, 0.2) is 12.1 Å². The summed E-state index contributed by atoms with van der Waals surface area (Å²) in [5, 5.41) is 8.43. The zero-order chi connectivity index (χ0) is 10.0. The third-order valence-electron chi connectivity index (χ3n) is 1.76. The Hall–Kier alpha value is -1.45. The largest absolute Gasteiger partial charge is 0.481 e. The molecule has 1 rings (SSSR count). The summed E-state index contributed by atoms with van der Waals surface area (Å²) in [5.74, 6) is -2.57. The second kappa shape index (κ2) is 3.51. The van der Waals surface area contributed by atoms with Crippen molar-refractivity contribution >= 4 is 5.97 Å². The number of halogens is 2. The van der Waals surface area contributed by atoms with Crippen LogP contribution in [0.1, 0.15) is 11.1 Å². The zero-order valence-corrected chi connectivity index (χ0v) is 6.97. The molecule has 0 unspecified atom stereocenters. The van der Waals surface area contributed by atoms with E-state index in [4.69, 9.17) is 5.11 Å². The number of carbonyl (C=O) groups is 1. The monoisotopic (exact) mass is 186 g/mol. The molecule has 0 saturated carbocycles. The summed E-state index contributed by atoms with van der Waals surface area (Å²) in [7, 11) is 0. The van der Waals surface area contributed by atoms with Crippen molar-refractivity contribution in [2.24, 2.45) is 0 Å². The minimum absolute atomic E-state index is 0.171. The third kappa shape index (κ3) is 2.24. The van der Waals surface area contributed by atoms with Crippen LogP contribution < -0.4 is 0 Å². The molecular formula is C9H8F2O2. The van der Waals surface area contributed by atoms with Crippen LogP contribution in [0, 0.1) is 18.6 Å². The molecule has 0 heterocycles. The lowest BCUT2D eigenvalue weighted by Gasteiger charge is -2.03. The van der Waals surface area contributed by atoms with Crippen LogP contribution >= 0.6 is 0 Å². The van der Waals surface area contributed by atoms with Crippen molar-refractivity contribution in [3.05, 3.63) is 34.9 Å². The first kappa shape index (κ1) is 9.64. The van der Waals surface area contributed by atoms with Gasteiger partial charge in [0.15, 0.2) is 0 Å². The summed E-state index contributed by atoms with van der Waals surface area (Å²) >= 11 is 0. The maximum Gasteiger partial charge on any atom is 0.307 e. The minimum Gasteiger partial charge on any atom is -0.481 e. The van der Waals surface area contributed by atoms with E-state index in [0.29, 0.717) is 0 Å². The van der Waals surface area contributed by atoms with Gasteiger partial charge in [0.1, 0.15) is 11.6 Å². The van der Waals surface area contributed by atoms with Gasteiger partial charge in [-0.1, -0.05) is 0 Å². The van der Waals surface area contributed by atoms with E-state index in [1.165, 1.54) is 6.92 Å². The second-order valence-electron chi connectivity index (χ2n) is 2.74. The molecule has 0 aliphatic rings. The van der Waals surface area contributed by atoms with Crippen LogP contribution in [-0.2, 0) is 11.2 Å². The van der Waals surface area contributed by atoms with Gasteiger partial charge in [0.05, 0.1) is 6.42 Å². The SMILES string of the molecule is Cc1c(F)cc(F)cc1CC(=O)O. The predicted molar refractivity (Wildman–Crippen MR) is 42.4 cm³/mol. The Balaban J connectivity index is 3.12. The van der Waals surface area contributed by atoms with Gasteiger partial charge >= 0.3 is 5.97 Å². The van der Waals surface area contributed by atoms with Crippen molar-refractivity contribution in [2.75, 3.05) is 0 Å². The Labute approximate surface area is 73.8 Å². The predicted octanol–water partition coefficient (Wildman–Crippen LogP) is 1.90. The molecule has 1 aromatic carbocycles. The van der Waals surface area contributed by atoms with Gasteiger partial charge in [-0.2, -0.15) is 0 Å². The Kier molecular flexibility index (Phi) is 2.60. The molecule has 1 aromatic rings. The van der Waals surface area contributed by atoms with Crippen molar-refractivity contribution in [1.82, 2.24) is 0 Å². The number of benzene rings is 1. The van der Waals surface area contributed by atoms with Gasteiger partial charge in [-0.05, 0) is 24.1 Å². The third-order valence-corrected chi connectivity index (χ3v) is 1.76. The Morgan fingerprint density at radius 2 is 2.08 bits per heavy atom. The van der Waals surface area contributed by atoms with E-state index in [2.05, 4.69) is 0 Å². The van der Waals surface area contributed by atoms with E-state index >= 15 is 0 Å². The van der Waals surface area contributed by atoms with Crippen molar-refractivity contribution in [1.29, 1.82) is 0 Å². The molecule has 0 bridgehead atoms. The fourth-order valence-corrected chi connectivity index (χ4v) is 1.05. The summed E-state index contributed by atoms with van der Waals surface area (Å²) in [4.78, 5) is 10.3. The number of hydrogen-bond donors (Lipinski definition) is 1. The van der Waals surface area contributed by atoms with Crippen LogP contribution in [0.25, 0.3) is 0 Å². The molecule has 4 heteroatoms. The highest BCUT2D eigenvalue weighted by Crippen LogP contribution is 2.15. The fraction of sp³-hybridized carbons (Fsp3) is 0.222. The van der Waals surface area contributed by atoms with Gasteiger partial charge in [-0.15, -0.1) is 0 Å². The van der Waals surface area contributed by atoms with Crippen LogP contribution in [-0.4, -0.2) is 11.1 Å². The molecule has 70 valence electrons. The summed E-state index contributed by atoms with van der Waals surface area (Å²) in [6, 6.07) is 1.77. The maximum atomic E-state index is 12.9. The summed E-state index contributed by atoms with van der Waals surface area (Å²) in [6.45, 7) is 1.42. The van der Waals surface area contributed by atoms with Crippen molar-refractivity contribution in [2.45, 2.75) is 13.3 Å². The average molecular weight is 186 g/mol. The van der Waals surface area contributed by atoms with E-state index in [1.807, 2.05) is 0 Å². The molecule has 0 radical (unpaired) electrons. The molecule has 0 aliphatic carbocycles. The van der Waals surface area contributed by atoms with Crippen molar-refractivity contribution in [3.8, 4) is 0 Å². The highest BCUT2D eigenvalue weighted by Gasteiger charge is 2.09. The normalized spacial score (nSPS) is 10.1. The molecule has 0 aromatic heterocycles. The smallest absolute Gasteiger partial charge is 0.307 e. The van der Waals surface area contributed by atoms with Crippen LogP contribution in [0.2, 0.25) is 0 Å². The molecule has 0 spiro atoms. The molecule has 13 heavy (non-hydrogen) atoms. The lowest BCUT2D eigenvalue weighted by atomic mass is 10.1. The fourth-order valence-electron chi connectivity index (χ4n) is 1.05. The van der Waals surface area contributed by atoms with Gasteiger partial charge < -0.3 is 5.11 Å². The molecule has 2 nitrogen and oxygen atoms in total. The first-order valence-electron chi connectivity index (χ1n) is 3.67. The molecular weight excluding hydrogens is 178 g/mol. The van der Waals surface area contributed by atoms with Gasteiger partial charge in [0.2, 0.25) is 0 Å². The molecule has 0 amide bonds. The first-order chi connectivity index (χ1) is 6.00. The van der Waals surface area contributed by atoms with Crippen molar-refractivity contribution in [3.63, 3.8) is 0 Å². The Morgan fingerprint density at radius 1 is 1.46 bits per heavy atom. The van der Waals surface area contributed by atoms with E-state index in [1.54, 1.807) is 0 Å². The summed E-state index contributed by atoms with van der Waals surface area (Å²) in [5.41, 5.74) is 0.355. The van der Waals surface area contributed by atoms with Crippen LogP contribution in [0.4, 0.5) is 8.78 Å². The topological polar surface area (TPSA) is 37.3 Å². The highest BCUT2D eigenvalue weighted by atomic mass is 19.1. The quantitative estimate of drug-likeness (QED) is 0.765. The first-order valence-corrected chi connectivity index (χ1v) is 3.67. The Morgan fingerprint density at radius 3 is 2.62 bits per heavy atom. The lowest BCUT2D eigenvalue weighted by Crippen LogP contribution is -2.04. The second-order valence-corrected chi connectivity index (χ2v) is 2.74. The van der Waals surface area contributed by atoms with Crippen molar-refractivity contribution < 1.29 is 18.7 Å². The minimum atomic E-state index is -1.10. The number of carboxylic acids is 1. The summed E-state index contributed by atoms with van der Waals surface area (Å²) < 4.78 is 25.5. The maximum absolute atomic E-state index is 12.9. The standard InChI is InChI=1S/C9H8F2O2/c1-5-6(3-9(12)13)2-7(10)4-8(5)11/h2,4H,3H2,1H3,(H,12,13). The van der Waals surface area contributed by atoms with E-state index in [9.17, 15) is 13.6 Å². The molecule has 0 atom stereocenters. The summed E-state index contributed by atoms with van der Waals surface area (Å²) in [6.07, 6.45) is -0.361. The number of aliphatic carboxylic acids is 1. The van der Waals surface area contributed by atoms with Crippen LogP contribution in [0.5, 0.6) is 0 Å². The van der Waals surface area contributed by atoms with Gasteiger partial charge in [0.25, 0.3) is 0 Å². The van der Waals surface area contributed by atoms with E-state index in [0.717, 1.165) is 12.1 Å². The molecule has 0 saturated heterocycles. The van der Waals surface area contributed by atoms with E-state index < -0.39 is 17.6 Å². The van der Waals surface area contributed by atoms with Gasteiger partial charge in [0, 0.05) is 6.07 Å². The van der Waals surface area contributed by atoms with Crippen LogP contribution in [0.3, 0.4) is 0 Å². The van der Waals surface area contributed by atoms with Gasteiger partial charge in [-0.25, -0.2) is 8.78 Å². The molecule has 0 fully saturated rings.